The van der Waals surface area contributed by atoms with Crippen molar-refractivity contribution in [1.29, 1.82) is 0 Å². The summed E-state index contributed by atoms with van der Waals surface area (Å²) in [5, 5.41) is 2.64. The lowest BCUT2D eigenvalue weighted by molar-refractivity contribution is 0.108. The van der Waals surface area contributed by atoms with Gasteiger partial charge in [0.05, 0.1) is 21.3 Å². The Morgan fingerprint density at radius 2 is 1.93 bits per heavy atom. The van der Waals surface area contributed by atoms with Gasteiger partial charge >= 0.3 is 0 Å². The molecule has 0 fully saturated rings. The standard InChI is InChI=1S/C7H2Cl3N3O/c8-3-1-2-4(9)6(12-13-11)5(3)7(10)14/h1-2H. The van der Waals surface area contributed by atoms with E-state index in [9.17, 15) is 4.79 Å². The highest BCUT2D eigenvalue weighted by atomic mass is 35.5. The van der Waals surface area contributed by atoms with Crippen LogP contribution in [0.1, 0.15) is 10.4 Å². The van der Waals surface area contributed by atoms with Gasteiger partial charge in [0.2, 0.25) is 0 Å². The molecule has 0 atom stereocenters. The third-order valence-corrected chi connectivity index (χ3v) is 2.23. The fourth-order valence-corrected chi connectivity index (χ4v) is 1.54. The van der Waals surface area contributed by atoms with Crippen LogP contribution in [0.4, 0.5) is 5.69 Å². The average molecular weight is 250 g/mol. The van der Waals surface area contributed by atoms with Crippen LogP contribution in [0.15, 0.2) is 17.2 Å². The predicted molar refractivity (Wildman–Crippen MR) is 55.5 cm³/mol. The minimum atomic E-state index is -0.820. The van der Waals surface area contributed by atoms with Crippen LogP contribution < -0.4 is 0 Å². The molecule has 0 aliphatic carbocycles. The number of benzene rings is 1. The first-order valence-corrected chi connectivity index (χ1v) is 4.44. The van der Waals surface area contributed by atoms with Gasteiger partial charge in [0, 0.05) is 4.91 Å². The molecule has 0 aliphatic heterocycles. The van der Waals surface area contributed by atoms with E-state index in [1.54, 1.807) is 0 Å². The Morgan fingerprint density at radius 3 is 2.43 bits per heavy atom. The summed E-state index contributed by atoms with van der Waals surface area (Å²) >= 11 is 16.6. The molecule has 7 heteroatoms. The average Bonchev–Trinajstić information content (AvgIpc) is 2.11. The monoisotopic (exact) mass is 249 g/mol. The van der Waals surface area contributed by atoms with Crippen LogP contribution in [0.3, 0.4) is 0 Å². The maximum Gasteiger partial charge on any atom is 0.254 e. The molecule has 1 aromatic rings. The van der Waals surface area contributed by atoms with Crippen molar-refractivity contribution < 1.29 is 4.79 Å². The molecule has 0 radical (unpaired) electrons. The number of azide groups is 1. The summed E-state index contributed by atoms with van der Waals surface area (Å²) < 4.78 is 0. The lowest BCUT2D eigenvalue weighted by Crippen LogP contribution is -1.91. The number of halogens is 3. The second kappa shape index (κ2) is 4.53. The summed E-state index contributed by atoms with van der Waals surface area (Å²) in [6, 6.07) is 2.81. The number of rotatable bonds is 2. The van der Waals surface area contributed by atoms with Crippen LogP contribution in [-0.2, 0) is 0 Å². The van der Waals surface area contributed by atoms with Gasteiger partial charge in [-0.3, -0.25) is 4.79 Å². The molecule has 1 rings (SSSR count). The Balaban J connectivity index is 3.57. The van der Waals surface area contributed by atoms with E-state index in [1.165, 1.54) is 12.1 Å². The van der Waals surface area contributed by atoms with E-state index in [1.807, 2.05) is 0 Å². The lowest BCUT2D eigenvalue weighted by atomic mass is 10.2. The first kappa shape index (κ1) is 11.1. The van der Waals surface area contributed by atoms with E-state index in [2.05, 4.69) is 10.0 Å². The highest BCUT2D eigenvalue weighted by Gasteiger charge is 2.15. The minimum Gasteiger partial charge on any atom is -0.276 e. The van der Waals surface area contributed by atoms with Crippen molar-refractivity contribution in [3.8, 4) is 0 Å². The number of hydrogen-bond donors (Lipinski definition) is 0. The second-order valence-electron chi connectivity index (χ2n) is 2.22. The summed E-state index contributed by atoms with van der Waals surface area (Å²) in [6.45, 7) is 0. The Bertz CT molecular complexity index is 413. The first-order chi connectivity index (χ1) is 6.57. The molecule has 0 aromatic heterocycles. The van der Waals surface area contributed by atoms with Crippen molar-refractivity contribution in [3.63, 3.8) is 0 Å². The molecule has 72 valence electrons. The third-order valence-electron chi connectivity index (χ3n) is 1.42. The van der Waals surface area contributed by atoms with Crippen molar-refractivity contribution in [1.82, 2.24) is 0 Å². The van der Waals surface area contributed by atoms with Crippen molar-refractivity contribution in [2.24, 2.45) is 5.11 Å². The van der Waals surface area contributed by atoms with E-state index in [4.69, 9.17) is 40.3 Å². The molecule has 4 nitrogen and oxygen atoms in total. The molecular weight excluding hydrogens is 248 g/mol. The molecule has 0 N–H and O–H groups in total. The van der Waals surface area contributed by atoms with Gasteiger partial charge < -0.3 is 0 Å². The summed E-state index contributed by atoms with van der Waals surface area (Å²) in [4.78, 5) is 13.5. The topological polar surface area (TPSA) is 65.8 Å². The van der Waals surface area contributed by atoms with Gasteiger partial charge in [-0.1, -0.05) is 28.3 Å². The zero-order valence-electron chi connectivity index (χ0n) is 6.54. The van der Waals surface area contributed by atoms with Gasteiger partial charge in [-0.25, -0.2) is 0 Å². The normalized spacial score (nSPS) is 9.36. The fraction of sp³-hybridized carbons (Fsp3) is 0. The summed E-state index contributed by atoms with van der Waals surface area (Å²) in [5.41, 5.74) is 8.10. The Morgan fingerprint density at radius 1 is 1.36 bits per heavy atom. The van der Waals surface area contributed by atoms with Gasteiger partial charge in [-0.2, -0.15) is 0 Å². The molecule has 0 saturated carbocycles. The van der Waals surface area contributed by atoms with Crippen LogP contribution in [0, 0.1) is 0 Å². The molecular formula is C7H2Cl3N3O. The SMILES string of the molecule is [N-]=[N+]=Nc1c(Cl)ccc(Cl)c1C(=O)Cl. The van der Waals surface area contributed by atoms with Crippen LogP contribution in [0.25, 0.3) is 10.4 Å². The molecule has 0 unspecified atom stereocenters. The van der Waals surface area contributed by atoms with Gasteiger partial charge in [0.15, 0.2) is 0 Å². The zero-order valence-corrected chi connectivity index (χ0v) is 8.81. The molecule has 0 aliphatic rings. The lowest BCUT2D eigenvalue weighted by Gasteiger charge is -2.04. The van der Waals surface area contributed by atoms with Crippen LogP contribution in [0.2, 0.25) is 10.0 Å². The molecule has 0 spiro atoms. The number of carbonyl (C=O) groups is 1. The molecule has 0 heterocycles. The van der Waals surface area contributed by atoms with Crippen molar-refractivity contribution >= 4 is 45.7 Å². The van der Waals surface area contributed by atoms with Crippen molar-refractivity contribution in [2.75, 3.05) is 0 Å². The highest BCUT2D eigenvalue weighted by Crippen LogP contribution is 2.35. The third kappa shape index (κ3) is 2.11. The summed E-state index contributed by atoms with van der Waals surface area (Å²) in [6.07, 6.45) is 0. The quantitative estimate of drug-likeness (QED) is 0.334. The van der Waals surface area contributed by atoms with Gasteiger partial charge in [-0.05, 0) is 29.3 Å². The molecule has 0 amide bonds. The van der Waals surface area contributed by atoms with E-state index >= 15 is 0 Å². The fourth-order valence-electron chi connectivity index (χ4n) is 0.871. The number of carbonyl (C=O) groups excluding carboxylic acids is 1. The van der Waals surface area contributed by atoms with Gasteiger partial charge in [-0.15, -0.1) is 0 Å². The van der Waals surface area contributed by atoms with Crippen LogP contribution in [-0.4, -0.2) is 5.24 Å². The van der Waals surface area contributed by atoms with Crippen LogP contribution >= 0.6 is 34.8 Å². The van der Waals surface area contributed by atoms with Gasteiger partial charge in [0.25, 0.3) is 5.24 Å². The van der Waals surface area contributed by atoms with E-state index < -0.39 is 5.24 Å². The summed E-state index contributed by atoms with van der Waals surface area (Å²) in [5.74, 6) is 0. The Labute approximate surface area is 94.0 Å². The number of nitrogens with zero attached hydrogens (tertiary/aromatic N) is 3. The zero-order chi connectivity index (χ0) is 10.7. The van der Waals surface area contributed by atoms with Crippen molar-refractivity contribution in [3.05, 3.63) is 38.2 Å². The van der Waals surface area contributed by atoms with Crippen LogP contribution in [0.5, 0.6) is 0 Å². The van der Waals surface area contributed by atoms with E-state index in [-0.39, 0.29) is 21.3 Å². The van der Waals surface area contributed by atoms with Gasteiger partial charge in [0.1, 0.15) is 0 Å². The second-order valence-corrected chi connectivity index (χ2v) is 3.37. The smallest absolute Gasteiger partial charge is 0.254 e. The number of hydrogen-bond acceptors (Lipinski definition) is 2. The Kier molecular flexibility index (Phi) is 3.61. The maximum atomic E-state index is 11.0. The molecule has 1 aromatic carbocycles. The minimum absolute atomic E-state index is 0.0540. The van der Waals surface area contributed by atoms with E-state index in [0.717, 1.165) is 0 Å². The molecule has 0 saturated heterocycles. The summed E-state index contributed by atoms with van der Waals surface area (Å²) in [7, 11) is 0. The molecule has 0 bridgehead atoms. The maximum absolute atomic E-state index is 11.0. The van der Waals surface area contributed by atoms with E-state index in [0.29, 0.717) is 0 Å². The Hall–Kier alpha value is -0.930. The first-order valence-electron chi connectivity index (χ1n) is 3.31. The highest BCUT2D eigenvalue weighted by molar-refractivity contribution is 6.69. The van der Waals surface area contributed by atoms with Crippen molar-refractivity contribution in [2.45, 2.75) is 0 Å². The largest absolute Gasteiger partial charge is 0.276 e. The molecule has 14 heavy (non-hydrogen) atoms. The predicted octanol–water partition coefficient (Wildman–Crippen LogP) is 4.31.